The van der Waals surface area contributed by atoms with Crippen molar-refractivity contribution in [3.63, 3.8) is 0 Å². The number of nitrogens with zero attached hydrogens (tertiary/aromatic N) is 2. The minimum absolute atomic E-state index is 0.00419. The minimum Gasteiger partial charge on any atom is -0.481 e. The van der Waals surface area contributed by atoms with Gasteiger partial charge < -0.3 is 96.4 Å². The van der Waals surface area contributed by atoms with Crippen LogP contribution in [0.1, 0.15) is 130 Å². The Morgan fingerprint density at radius 3 is 1.47 bits per heavy atom. The molecule has 0 bridgehead atoms. The average molecular weight is 1210 g/mol. The van der Waals surface area contributed by atoms with Crippen LogP contribution in [-0.2, 0) is 73.5 Å². The molecule has 0 aromatic carbocycles. The van der Waals surface area contributed by atoms with Gasteiger partial charge in [0, 0.05) is 50.5 Å². The van der Waals surface area contributed by atoms with Crippen LogP contribution in [0.25, 0.3) is 0 Å². The molecule has 33 heteroatoms. The summed E-state index contributed by atoms with van der Waals surface area (Å²) >= 11 is 0. The maximum atomic E-state index is 14.4. The van der Waals surface area contributed by atoms with E-state index < -0.39 is 201 Å². The molecule has 1 saturated heterocycles. The summed E-state index contributed by atoms with van der Waals surface area (Å²) in [6.07, 6.45) is -0.766. The van der Waals surface area contributed by atoms with E-state index >= 15 is 0 Å². The molecule has 2 heterocycles. The third-order valence-corrected chi connectivity index (χ3v) is 13.4. The number of hydrogen-bond donors (Lipinski definition) is 17. The molecular weight excluding hydrogens is 1120 g/mol. The molecule has 0 unspecified atom stereocenters. The molecule has 1 aliphatic rings. The Hall–Kier alpha value is -8.33. The van der Waals surface area contributed by atoms with E-state index in [0.29, 0.717) is 6.42 Å². The molecule has 0 saturated carbocycles. The first-order chi connectivity index (χ1) is 40.0. The highest BCUT2D eigenvalue weighted by atomic mass is 16.4. The van der Waals surface area contributed by atoms with Crippen molar-refractivity contribution >= 4 is 82.8 Å². The van der Waals surface area contributed by atoms with Crippen molar-refractivity contribution in [1.82, 2.24) is 57.4 Å². The normalized spacial score (nSPS) is 16.2. The number of H-pyrrole nitrogens is 1. The van der Waals surface area contributed by atoms with Gasteiger partial charge >= 0.3 is 11.9 Å². The molecule has 1 aromatic heterocycles. The first kappa shape index (κ1) is 72.8. The van der Waals surface area contributed by atoms with Gasteiger partial charge in [-0.25, -0.2) is 9.78 Å². The number of likely N-dealkylation sites (tertiary alicyclic amines) is 1. The number of primary amides is 3. The summed E-state index contributed by atoms with van der Waals surface area (Å²) in [7, 11) is 0. The molecule has 12 amide bonds. The zero-order chi connectivity index (χ0) is 64.1. The maximum Gasteiger partial charge on any atom is 0.326 e. The zero-order valence-electron chi connectivity index (χ0n) is 48.4. The summed E-state index contributed by atoms with van der Waals surface area (Å²) in [6.45, 7) is 6.37. The van der Waals surface area contributed by atoms with Crippen molar-refractivity contribution in [2.24, 2.45) is 40.5 Å². The fourth-order valence-electron chi connectivity index (χ4n) is 8.97. The second-order valence-corrected chi connectivity index (χ2v) is 21.6. The van der Waals surface area contributed by atoms with E-state index in [9.17, 15) is 82.4 Å². The molecule has 0 spiro atoms. The average Bonchev–Trinajstić information content (AvgIpc) is 3.60. The van der Waals surface area contributed by atoms with Gasteiger partial charge in [-0.15, -0.1) is 0 Å². The predicted molar refractivity (Wildman–Crippen MR) is 299 cm³/mol. The van der Waals surface area contributed by atoms with Crippen molar-refractivity contribution in [3.8, 4) is 0 Å². The molecule has 476 valence electrons. The standard InChI is InChI=1S/C52H86N16O17/c1-26(2)20-29(54)43(75)67-37(24-69)51(83)68-19-7-9-38(68)50(82)63-33(13-17-42(73)74)47(79)66-36(22-28-23-58-25-59-28)49(81)62-31(10-14-39(55)70)45(77)60-30(8-5-6-18-53)44(76)65-35(21-27(3)4)48(80)61-32(11-15-40(56)71)46(78)64-34(52(84)85)12-16-41(57)72/h23,25-27,29-38,69H,5-22,24,53-54H2,1-4H3,(H2,55,70)(H2,56,71)(H2,57,72)(H,58,59)(H,60,77)(H,61,80)(H,62,81)(H,63,82)(H,64,78)(H,65,76)(H,66,79)(H,67,75)(H,73,74)(H,84,85)/t29-,30-,31-,32-,33-,34-,35-,36-,37-,38-/m0/s1. The number of nitrogens with one attached hydrogen (secondary N) is 9. The third-order valence-electron chi connectivity index (χ3n) is 13.4. The Labute approximate surface area is 490 Å². The first-order valence-electron chi connectivity index (χ1n) is 28.0. The van der Waals surface area contributed by atoms with Crippen molar-refractivity contribution in [1.29, 1.82) is 0 Å². The van der Waals surface area contributed by atoms with Crippen LogP contribution in [0.4, 0.5) is 0 Å². The molecular formula is C52H86N16O17. The topological polar surface area (TPSA) is 558 Å². The second-order valence-electron chi connectivity index (χ2n) is 21.6. The molecule has 0 aliphatic carbocycles. The quantitative estimate of drug-likeness (QED) is 0.0272. The van der Waals surface area contributed by atoms with Gasteiger partial charge in [0.2, 0.25) is 70.9 Å². The number of rotatable bonds is 41. The van der Waals surface area contributed by atoms with E-state index in [1.165, 1.54) is 12.5 Å². The van der Waals surface area contributed by atoms with Crippen LogP contribution in [0.5, 0.6) is 0 Å². The van der Waals surface area contributed by atoms with Gasteiger partial charge in [-0.05, 0) is 89.0 Å². The van der Waals surface area contributed by atoms with Crippen molar-refractivity contribution in [2.75, 3.05) is 19.7 Å². The van der Waals surface area contributed by atoms with Gasteiger partial charge in [0.1, 0.15) is 54.4 Å². The van der Waals surface area contributed by atoms with Crippen molar-refractivity contribution in [2.45, 2.75) is 191 Å². The summed E-state index contributed by atoms with van der Waals surface area (Å²) in [5.41, 5.74) is 27.9. The molecule has 1 aliphatic heterocycles. The van der Waals surface area contributed by atoms with Crippen LogP contribution < -0.4 is 71.2 Å². The Morgan fingerprint density at radius 1 is 0.576 bits per heavy atom. The number of unbranched alkanes of at least 4 members (excludes halogenated alkanes) is 1. The van der Waals surface area contributed by atoms with E-state index in [1.807, 2.05) is 13.8 Å². The van der Waals surface area contributed by atoms with Crippen molar-refractivity contribution < 1.29 is 82.4 Å². The summed E-state index contributed by atoms with van der Waals surface area (Å²) in [5.74, 6) is -14.5. The van der Waals surface area contributed by atoms with E-state index in [2.05, 4.69) is 52.5 Å². The van der Waals surface area contributed by atoms with E-state index in [0.717, 1.165) is 4.90 Å². The number of hydrogen-bond acceptors (Lipinski definition) is 18. The van der Waals surface area contributed by atoms with Gasteiger partial charge in [0.05, 0.1) is 19.0 Å². The van der Waals surface area contributed by atoms with Crippen LogP contribution in [0.15, 0.2) is 12.5 Å². The lowest BCUT2D eigenvalue weighted by Gasteiger charge is -2.30. The summed E-state index contributed by atoms with van der Waals surface area (Å²) in [6, 6.07) is -14.9. The van der Waals surface area contributed by atoms with Crippen LogP contribution in [-0.4, -0.2) is 193 Å². The number of carboxylic acids is 2. The lowest BCUT2D eigenvalue weighted by atomic mass is 10.0. The number of carbonyl (C=O) groups is 14. The van der Waals surface area contributed by atoms with Gasteiger partial charge in [0.15, 0.2) is 0 Å². The number of nitrogens with two attached hydrogens (primary N) is 5. The number of aliphatic carboxylic acids is 2. The predicted octanol–water partition coefficient (Wildman–Crippen LogP) is -5.89. The highest BCUT2D eigenvalue weighted by Crippen LogP contribution is 2.20. The van der Waals surface area contributed by atoms with Gasteiger partial charge in [0.25, 0.3) is 0 Å². The van der Waals surface area contributed by atoms with Crippen LogP contribution >= 0.6 is 0 Å². The fourth-order valence-corrected chi connectivity index (χ4v) is 8.97. The smallest absolute Gasteiger partial charge is 0.326 e. The maximum absolute atomic E-state index is 14.4. The largest absolute Gasteiger partial charge is 0.481 e. The number of carboxylic acid groups (broad SMARTS) is 2. The SMILES string of the molecule is CC(C)C[C@H](NC(=O)[C@H](CCCCN)NC(=O)[C@H](CCC(N)=O)NC(=O)[C@H](Cc1cnc[nH]1)NC(=O)[C@H](CCC(=O)O)NC(=O)[C@@H]1CCCN1C(=O)[C@H](CO)NC(=O)[C@@H](N)CC(C)C)C(=O)N[C@@H](CCC(N)=O)C(=O)N[C@@H](CCC(N)=O)C(=O)O. The van der Waals surface area contributed by atoms with Crippen molar-refractivity contribution in [3.05, 3.63) is 18.2 Å². The number of imidazole rings is 1. The third kappa shape index (κ3) is 26.9. The number of aromatic nitrogens is 2. The molecule has 33 nitrogen and oxygen atoms in total. The number of carbonyl (C=O) groups excluding carboxylic acids is 12. The molecule has 85 heavy (non-hydrogen) atoms. The zero-order valence-corrected chi connectivity index (χ0v) is 48.4. The van der Waals surface area contributed by atoms with Crippen LogP contribution in [0, 0.1) is 11.8 Å². The van der Waals surface area contributed by atoms with Gasteiger partial charge in [-0.3, -0.25) is 62.3 Å². The number of aliphatic hydroxyl groups is 1. The van der Waals surface area contributed by atoms with Gasteiger partial charge in [-0.2, -0.15) is 0 Å². The Morgan fingerprint density at radius 2 is 1.01 bits per heavy atom. The number of amides is 12. The Balaban J connectivity index is 2.49. The van der Waals surface area contributed by atoms with Gasteiger partial charge in [-0.1, -0.05) is 27.7 Å². The lowest BCUT2D eigenvalue weighted by molar-refractivity contribution is -0.143. The minimum atomic E-state index is -1.69. The molecule has 2 rings (SSSR count). The summed E-state index contributed by atoms with van der Waals surface area (Å²) in [5, 5.41) is 49.0. The highest BCUT2D eigenvalue weighted by Gasteiger charge is 2.40. The molecule has 10 atom stereocenters. The fraction of sp³-hybridized carbons (Fsp3) is 0.673. The van der Waals surface area contributed by atoms with E-state index in [4.69, 9.17) is 28.7 Å². The van der Waals surface area contributed by atoms with E-state index in [1.54, 1.807) is 13.8 Å². The Kier molecular flexibility index (Phi) is 31.7. The summed E-state index contributed by atoms with van der Waals surface area (Å²) in [4.78, 5) is 192. The van der Waals surface area contributed by atoms with Crippen LogP contribution in [0.3, 0.4) is 0 Å². The molecule has 1 fully saturated rings. The second kappa shape index (κ2) is 37.1. The molecule has 0 radical (unpaired) electrons. The number of aliphatic hydroxyl groups excluding tert-OH is 1. The van der Waals surface area contributed by atoms with E-state index in [-0.39, 0.29) is 75.6 Å². The number of aromatic amines is 1. The lowest BCUT2D eigenvalue weighted by Crippen LogP contribution is -2.61. The Bertz CT molecular complexity index is 2480. The monoisotopic (exact) mass is 1210 g/mol. The summed E-state index contributed by atoms with van der Waals surface area (Å²) < 4.78 is 0. The first-order valence-corrected chi connectivity index (χ1v) is 28.0. The van der Waals surface area contributed by atoms with Crippen LogP contribution in [0.2, 0.25) is 0 Å². The molecule has 1 aromatic rings. The highest BCUT2D eigenvalue weighted by molar-refractivity contribution is 5.99. The molecule has 22 N–H and O–H groups in total.